The van der Waals surface area contributed by atoms with Crippen LogP contribution in [-0.2, 0) is 0 Å². The number of hydrogen-bond donors (Lipinski definition) is 1. The van der Waals surface area contributed by atoms with Crippen LogP contribution in [0.25, 0.3) is 0 Å². The lowest BCUT2D eigenvalue weighted by atomic mass is 10.0. The molecule has 2 rings (SSSR count). The van der Waals surface area contributed by atoms with Gasteiger partial charge in [0.2, 0.25) is 0 Å². The van der Waals surface area contributed by atoms with Crippen LogP contribution in [0.4, 0.5) is 4.39 Å². The molecule has 2 aromatic rings. The molecule has 1 aromatic carbocycles. The van der Waals surface area contributed by atoms with Gasteiger partial charge < -0.3 is 5.11 Å². The van der Waals surface area contributed by atoms with Crippen molar-refractivity contribution in [1.82, 2.24) is 0 Å². The first kappa shape index (κ1) is 13.5. The van der Waals surface area contributed by atoms with Crippen molar-refractivity contribution < 1.29 is 14.3 Å². The van der Waals surface area contributed by atoms with Crippen LogP contribution in [-0.4, -0.2) is 11.4 Å². The van der Waals surface area contributed by atoms with Gasteiger partial charge in [-0.25, -0.2) is 4.39 Å². The SMILES string of the molecule is O=Cc1cc([C@@H](O)c2cc(Cl)ccc2F)c(Cl)s1. The van der Waals surface area contributed by atoms with Crippen LogP contribution in [0.2, 0.25) is 9.36 Å². The first-order chi connectivity index (χ1) is 8.52. The summed E-state index contributed by atoms with van der Waals surface area (Å²) in [6.07, 6.45) is -0.623. The highest BCUT2D eigenvalue weighted by molar-refractivity contribution is 7.17. The van der Waals surface area contributed by atoms with Crippen LogP contribution in [0.5, 0.6) is 0 Å². The van der Waals surface area contributed by atoms with Crippen molar-refractivity contribution in [3.05, 3.63) is 55.4 Å². The summed E-state index contributed by atoms with van der Waals surface area (Å²) in [5.41, 5.74) is 0.324. The molecular formula is C12H7Cl2FO2S. The van der Waals surface area contributed by atoms with Crippen LogP contribution in [0.3, 0.4) is 0 Å². The van der Waals surface area contributed by atoms with Gasteiger partial charge in [-0.1, -0.05) is 23.2 Å². The maximum absolute atomic E-state index is 13.6. The van der Waals surface area contributed by atoms with Crippen LogP contribution in [0.1, 0.15) is 26.9 Å². The minimum Gasteiger partial charge on any atom is -0.383 e. The summed E-state index contributed by atoms with van der Waals surface area (Å²) in [5.74, 6) is -0.582. The summed E-state index contributed by atoms with van der Waals surface area (Å²) in [6, 6.07) is 5.32. The maximum Gasteiger partial charge on any atom is 0.160 e. The summed E-state index contributed by atoms with van der Waals surface area (Å²) in [4.78, 5) is 11.0. The summed E-state index contributed by atoms with van der Waals surface area (Å²) >= 11 is 12.7. The van der Waals surface area contributed by atoms with E-state index in [-0.39, 0.29) is 9.90 Å². The summed E-state index contributed by atoms with van der Waals surface area (Å²) in [6.45, 7) is 0. The number of rotatable bonds is 3. The molecule has 0 aliphatic carbocycles. The molecule has 0 bridgehead atoms. The number of aldehydes is 1. The topological polar surface area (TPSA) is 37.3 Å². The van der Waals surface area contributed by atoms with Crippen molar-refractivity contribution in [3.8, 4) is 0 Å². The monoisotopic (exact) mass is 304 g/mol. The zero-order valence-electron chi connectivity index (χ0n) is 8.86. The number of benzene rings is 1. The largest absolute Gasteiger partial charge is 0.383 e. The lowest BCUT2D eigenvalue weighted by molar-refractivity contribution is 0.112. The average molecular weight is 305 g/mol. The molecule has 94 valence electrons. The molecule has 6 heteroatoms. The normalized spacial score (nSPS) is 12.4. The highest BCUT2D eigenvalue weighted by Gasteiger charge is 2.20. The fourth-order valence-electron chi connectivity index (χ4n) is 1.54. The second-order valence-electron chi connectivity index (χ2n) is 3.56. The molecule has 0 unspecified atom stereocenters. The van der Waals surface area contributed by atoms with Crippen LogP contribution in [0.15, 0.2) is 24.3 Å². The Morgan fingerprint density at radius 1 is 1.28 bits per heavy atom. The van der Waals surface area contributed by atoms with E-state index in [1.165, 1.54) is 24.3 Å². The third kappa shape index (κ3) is 2.57. The van der Waals surface area contributed by atoms with Gasteiger partial charge in [0, 0.05) is 16.1 Å². The van der Waals surface area contributed by atoms with Gasteiger partial charge in [0.1, 0.15) is 11.9 Å². The van der Waals surface area contributed by atoms with E-state index in [9.17, 15) is 14.3 Å². The van der Waals surface area contributed by atoms with Crippen molar-refractivity contribution in [2.45, 2.75) is 6.10 Å². The quantitative estimate of drug-likeness (QED) is 0.867. The molecule has 1 aromatic heterocycles. The number of carbonyl (C=O) groups excluding carboxylic acids is 1. The second-order valence-corrected chi connectivity index (χ2v) is 5.69. The summed E-state index contributed by atoms with van der Waals surface area (Å²) in [5, 5.41) is 10.4. The van der Waals surface area contributed by atoms with Gasteiger partial charge in [0.15, 0.2) is 6.29 Å². The predicted octanol–water partition coefficient (Wildman–Crippen LogP) is 4.09. The van der Waals surface area contributed by atoms with Gasteiger partial charge in [-0.3, -0.25) is 4.79 Å². The molecule has 0 spiro atoms. The van der Waals surface area contributed by atoms with Crippen molar-refractivity contribution in [2.75, 3.05) is 0 Å². The van der Waals surface area contributed by atoms with Crippen molar-refractivity contribution in [3.63, 3.8) is 0 Å². The predicted molar refractivity (Wildman–Crippen MR) is 70.2 cm³/mol. The molecule has 0 aliphatic rings. The molecule has 0 fully saturated rings. The minimum atomic E-state index is -1.25. The standard InChI is InChI=1S/C12H7Cl2FO2S/c13-6-1-2-10(15)8(3-6)11(17)9-4-7(5-16)18-12(9)14/h1-5,11,17H/t11-/m0/s1. The third-order valence-electron chi connectivity index (χ3n) is 2.40. The smallest absolute Gasteiger partial charge is 0.160 e. The van der Waals surface area contributed by atoms with E-state index in [1.54, 1.807) is 0 Å². The van der Waals surface area contributed by atoms with Crippen molar-refractivity contribution in [2.24, 2.45) is 0 Å². The Balaban J connectivity index is 2.46. The molecule has 18 heavy (non-hydrogen) atoms. The van der Waals surface area contributed by atoms with Crippen LogP contribution < -0.4 is 0 Å². The van der Waals surface area contributed by atoms with Crippen molar-refractivity contribution in [1.29, 1.82) is 0 Å². The molecular weight excluding hydrogens is 298 g/mol. The van der Waals surface area contributed by atoms with Crippen molar-refractivity contribution >= 4 is 40.8 Å². The summed E-state index contributed by atoms with van der Waals surface area (Å²) in [7, 11) is 0. The maximum atomic E-state index is 13.6. The van der Waals surface area contributed by atoms with Gasteiger partial charge in [-0.15, -0.1) is 11.3 Å². The van der Waals surface area contributed by atoms with Gasteiger partial charge >= 0.3 is 0 Å². The second kappa shape index (κ2) is 5.36. The first-order valence-corrected chi connectivity index (χ1v) is 6.47. The molecule has 1 heterocycles. The lowest BCUT2D eigenvalue weighted by Crippen LogP contribution is -2.02. The molecule has 1 atom stereocenters. The zero-order chi connectivity index (χ0) is 13.3. The van der Waals surface area contributed by atoms with E-state index < -0.39 is 11.9 Å². The first-order valence-electron chi connectivity index (χ1n) is 4.90. The highest BCUT2D eigenvalue weighted by atomic mass is 35.5. The van der Waals surface area contributed by atoms with E-state index >= 15 is 0 Å². The molecule has 1 N–H and O–H groups in total. The summed E-state index contributed by atoms with van der Waals surface area (Å²) < 4.78 is 13.9. The van der Waals surface area contributed by atoms with Gasteiger partial charge in [-0.2, -0.15) is 0 Å². The Labute approximate surface area is 117 Å². The van der Waals surface area contributed by atoms with E-state index in [0.29, 0.717) is 21.7 Å². The third-order valence-corrected chi connectivity index (χ3v) is 3.95. The van der Waals surface area contributed by atoms with Gasteiger partial charge in [-0.05, 0) is 24.3 Å². The molecule has 0 amide bonds. The average Bonchev–Trinajstić information content (AvgIpc) is 2.73. The Morgan fingerprint density at radius 3 is 2.61 bits per heavy atom. The van der Waals surface area contributed by atoms with Gasteiger partial charge in [0.25, 0.3) is 0 Å². The number of aliphatic hydroxyl groups is 1. The Bertz CT molecular complexity index is 598. The zero-order valence-corrected chi connectivity index (χ0v) is 11.2. The molecule has 0 saturated heterocycles. The fourth-order valence-corrected chi connectivity index (χ4v) is 2.87. The van der Waals surface area contributed by atoms with Crippen LogP contribution in [0, 0.1) is 5.82 Å². The number of carbonyl (C=O) groups is 1. The Kier molecular flexibility index (Phi) is 4.02. The van der Waals surface area contributed by atoms with E-state index in [0.717, 1.165) is 11.3 Å². The van der Waals surface area contributed by atoms with E-state index in [4.69, 9.17) is 23.2 Å². The van der Waals surface area contributed by atoms with E-state index in [1.807, 2.05) is 0 Å². The fraction of sp³-hybridized carbons (Fsp3) is 0.0833. The van der Waals surface area contributed by atoms with Crippen LogP contribution >= 0.6 is 34.5 Å². The molecule has 2 nitrogen and oxygen atoms in total. The Hall–Kier alpha value is -0.940. The highest BCUT2D eigenvalue weighted by Crippen LogP contribution is 2.36. The van der Waals surface area contributed by atoms with E-state index in [2.05, 4.69) is 0 Å². The lowest BCUT2D eigenvalue weighted by Gasteiger charge is -2.11. The molecule has 0 radical (unpaired) electrons. The number of hydrogen-bond acceptors (Lipinski definition) is 3. The Morgan fingerprint density at radius 2 is 2.00 bits per heavy atom. The number of aliphatic hydroxyl groups excluding tert-OH is 1. The number of thiophene rings is 1. The minimum absolute atomic E-state index is 0.0275. The molecule has 0 saturated carbocycles. The molecule has 0 aliphatic heterocycles. The van der Waals surface area contributed by atoms with Gasteiger partial charge in [0.05, 0.1) is 9.21 Å². The number of halogens is 3.